The lowest BCUT2D eigenvalue weighted by Gasteiger charge is -2.32. The van der Waals surface area contributed by atoms with Gasteiger partial charge in [0.1, 0.15) is 0 Å². The molecule has 0 aromatic carbocycles. The maximum absolute atomic E-state index is 12.5. The van der Waals surface area contributed by atoms with Crippen molar-refractivity contribution in [3.05, 3.63) is 23.9 Å². The summed E-state index contributed by atoms with van der Waals surface area (Å²) >= 11 is 0. The van der Waals surface area contributed by atoms with Gasteiger partial charge in [-0.15, -0.1) is 5.10 Å². The van der Waals surface area contributed by atoms with E-state index in [-0.39, 0.29) is 5.91 Å². The van der Waals surface area contributed by atoms with Gasteiger partial charge in [-0.3, -0.25) is 4.79 Å². The molecule has 0 unspecified atom stereocenters. The Labute approximate surface area is 111 Å². The second-order valence-corrected chi connectivity index (χ2v) is 5.07. The van der Waals surface area contributed by atoms with Crippen LogP contribution in [0.3, 0.4) is 0 Å². The summed E-state index contributed by atoms with van der Waals surface area (Å²) in [5, 5.41) is 11.2. The zero-order valence-corrected chi connectivity index (χ0v) is 11.0. The lowest BCUT2D eigenvalue weighted by Crippen LogP contribution is -2.39. The quantitative estimate of drug-likeness (QED) is 0.817. The maximum atomic E-state index is 12.5. The number of aromatic nitrogens is 4. The third-order valence-electron chi connectivity index (χ3n) is 3.82. The Morgan fingerprint density at radius 1 is 1.47 bits per heavy atom. The predicted molar refractivity (Wildman–Crippen MR) is 69.7 cm³/mol. The van der Waals surface area contributed by atoms with Crippen LogP contribution in [-0.4, -0.2) is 43.9 Å². The predicted octanol–water partition coefficient (Wildman–Crippen LogP) is 1.39. The van der Waals surface area contributed by atoms with E-state index in [1.165, 1.54) is 10.9 Å². The molecular weight excluding hydrogens is 242 g/mol. The van der Waals surface area contributed by atoms with Crippen LogP contribution in [-0.2, 0) is 0 Å². The molecule has 2 aromatic heterocycles. The van der Waals surface area contributed by atoms with Crippen molar-refractivity contribution in [1.29, 1.82) is 0 Å². The number of carbonyl (C=O) groups excluding carboxylic acids is 1. The van der Waals surface area contributed by atoms with Crippen LogP contribution in [0.25, 0.3) is 5.65 Å². The van der Waals surface area contributed by atoms with Crippen LogP contribution < -0.4 is 0 Å². The van der Waals surface area contributed by atoms with Gasteiger partial charge in [-0.1, -0.05) is 13.3 Å². The second kappa shape index (κ2) is 4.95. The minimum Gasteiger partial charge on any atom is -0.338 e. The molecular formula is C13H17N5O. The molecule has 0 saturated carbocycles. The highest BCUT2D eigenvalue weighted by Crippen LogP contribution is 2.20. The van der Waals surface area contributed by atoms with Crippen molar-refractivity contribution in [3.8, 4) is 0 Å². The number of carbonyl (C=O) groups is 1. The van der Waals surface area contributed by atoms with E-state index in [2.05, 4.69) is 22.4 Å². The van der Waals surface area contributed by atoms with Crippen molar-refractivity contribution < 1.29 is 4.79 Å². The molecule has 2 aromatic rings. The highest BCUT2D eigenvalue weighted by Gasteiger charge is 2.23. The van der Waals surface area contributed by atoms with Crippen LogP contribution in [0.1, 0.15) is 36.5 Å². The Morgan fingerprint density at radius 2 is 2.37 bits per heavy atom. The van der Waals surface area contributed by atoms with Crippen molar-refractivity contribution in [2.75, 3.05) is 13.1 Å². The number of piperidine rings is 1. The first-order valence-corrected chi connectivity index (χ1v) is 6.75. The first-order chi connectivity index (χ1) is 9.28. The number of pyridine rings is 1. The molecule has 1 aliphatic rings. The average molecular weight is 259 g/mol. The van der Waals surface area contributed by atoms with Gasteiger partial charge in [-0.2, -0.15) is 4.52 Å². The summed E-state index contributed by atoms with van der Waals surface area (Å²) in [6, 6.07) is 3.57. The van der Waals surface area contributed by atoms with E-state index in [1.54, 1.807) is 18.3 Å². The number of rotatable bonds is 2. The van der Waals surface area contributed by atoms with Crippen LogP contribution in [0, 0.1) is 5.92 Å². The summed E-state index contributed by atoms with van der Waals surface area (Å²) in [6.45, 7) is 3.90. The third-order valence-corrected chi connectivity index (χ3v) is 3.82. The van der Waals surface area contributed by atoms with Crippen molar-refractivity contribution in [1.82, 2.24) is 24.9 Å². The summed E-state index contributed by atoms with van der Waals surface area (Å²) in [6.07, 6.45) is 5.16. The van der Waals surface area contributed by atoms with Gasteiger partial charge in [0.25, 0.3) is 5.91 Å². The van der Waals surface area contributed by atoms with Crippen molar-refractivity contribution in [3.63, 3.8) is 0 Å². The zero-order chi connectivity index (χ0) is 13.2. The fourth-order valence-electron chi connectivity index (χ4n) is 2.63. The van der Waals surface area contributed by atoms with Gasteiger partial charge in [0, 0.05) is 19.3 Å². The Kier molecular flexibility index (Phi) is 3.15. The molecule has 1 amide bonds. The molecule has 1 fully saturated rings. The van der Waals surface area contributed by atoms with Crippen LogP contribution >= 0.6 is 0 Å². The first-order valence-electron chi connectivity index (χ1n) is 6.75. The molecule has 100 valence electrons. The standard InChI is InChI=1S/C13H17N5O/c1-2-10-4-3-7-17(8-10)13(19)11-5-6-12-14-15-16-18(12)9-11/h5-6,9-10H,2-4,7-8H2,1H3/t10-/m1/s1. The number of hydrogen-bond donors (Lipinski definition) is 0. The molecule has 1 atom stereocenters. The number of tetrazole rings is 1. The topological polar surface area (TPSA) is 63.4 Å². The molecule has 0 spiro atoms. The van der Waals surface area contributed by atoms with E-state index in [4.69, 9.17) is 0 Å². The van der Waals surface area contributed by atoms with E-state index in [9.17, 15) is 4.79 Å². The van der Waals surface area contributed by atoms with E-state index >= 15 is 0 Å². The zero-order valence-electron chi connectivity index (χ0n) is 11.0. The van der Waals surface area contributed by atoms with E-state index in [0.717, 1.165) is 25.9 Å². The van der Waals surface area contributed by atoms with Gasteiger partial charge in [-0.25, -0.2) is 0 Å². The minimum absolute atomic E-state index is 0.0792. The van der Waals surface area contributed by atoms with Crippen LogP contribution in [0.15, 0.2) is 18.3 Å². The first kappa shape index (κ1) is 12.1. The molecule has 0 bridgehead atoms. The van der Waals surface area contributed by atoms with E-state index in [0.29, 0.717) is 17.1 Å². The van der Waals surface area contributed by atoms with E-state index < -0.39 is 0 Å². The maximum Gasteiger partial charge on any atom is 0.255 e. The van der Waals surface area contributed by atoms with Crippen LogP contribution in [0.4, 0.5) is 0 Å². The van der Waals surface area contributed by atoms with Crippen molar-refractivity contribution in [2.24, 2.45) is 5.92 Å². The third kappa shape index (κ3) is 2.30. The Morgan fingerprint density at radius 3 is 3.21 bits per heavy atom. The molecule has 0 aliphatic carbocycles. The fourth-order valence-corrected chi connectivity index (χ4v) is 2.63. The summed E-state index contributed by atoms with van der Waals surface area (Å²) in [5.74, 6) is 0.713. The van der Waals surface area contributed by atoms with E-state index in [1.807, 2.05) is 4.90 Å². The molecule has 3 rings (SSSR count). The number of hydrogen-bond acceptors (Lipinski definition) is 4. The lowest BCUT2D eigenvalue weighted by atomic mass is 9.95. The Balaban J connectivity index is 1.82. The largest absolute Gasteiger partial charge is 0.338 e. The minimum atomic E-state index is 0.0792. The van der Waals surface area contributed by atoms with Crippen molar-refractivity contribution in [2.45, 2.75) is 26.2 Å². The normalized spacial score (nSPS) is 19.8. The molecule has 1 saturated heterocycles. The SMILES string of the molecule is CC[C@@H]1CCCN(C(=O)c2ccc3nnnn3c2)C1. The van der Waals surface area contributed by atoms with Gasteiger partial charge in [-0.05, 0) is 41.3 Å². The molecule has 3 heterocycles. The molecule has 0 N–H and O–H groups in total. The summed E-state index contributed by atoms with van der Waals surface area (Å²) in [4.78, 5) is 14.4. The van der Waals surface area contributed by atoms with Crippen LogP contribution in [0.5, 0.6) is 0 Å². The number of likely N-dealkylation sites (tertiary alicyclic amines) is 1. The monoisotopic (exact) mass is 259 g/mol. The number of fused-ring (bicyclic) bond motifs is 1. The Hall–Kier alpha value is -1.98. The molecule has 19 heavy (non-hydrogen) atoms. The second-order valence-electron chi connectivity index (χ2n) is 5.07. The van der Waals surface area contributed by atoms with Gasteiger partial charge in [0.05, 0.1) is 5.56 Å². The molecule has 1 aliphatic heterocycles. The van der Waals surface area contributed by atoms with Gasteiger partial charge >= 0.3 is 0 Å². The highest BCUT2D eigenvalue weighted by atomic mass is 16.2. The molecule has 6 nitrogen and oxygen atoms in total. The highest BCUT2D eigenvalue weighted by molar-refractivity contribution is 5.94. The number of amides is 1. The molecule has 6 heteroatoms. The smallest absolute Gasteiger partial charge is 0.255 e. The summed E-state index contributed by atoms with van der Waals surface area (Å²) in [5.41, 5.74) is 1.30. The summed E-state index contributed by atoms with van der Waals surface area (Å²) in [7, 11) is 0. The molecule has 0 radical (unpaired) electrons. The average Bonchev–Trinajstić information content (AvgIpc) is 2.94. The number of nitrogens with zero attached hydrogens (tertiary/aromatic N) is 5. The van der Waals surface area contributed by atoms with Gasteiger partial charge in [0.15, 0.2) is 5.65 Å². The Bertz CT molecular complexity index is 593. The fraction of sp³-hybridized carbons (Fsp3) is 0.538. The van der Waals surface area contributed by atoms with Crippen LogP contribution in [0.2, 0.25) is 0 Å². The van der Waals surface area contributed by atoms with Gasteiger partial charge in [0.2, 0.25) is 0 Å². The summed E-state index contributed by atoms with van der Waals surface area (Å²) < 4.78 is 1.54. The van der Waals surface area contributed by atoms with Gasteiger partial charge < -0.3 is 4.90 Å². The lowest BCUT2D eigenvalue weighted by molar-refractivity contribution is 0.0670. The van der Waals surface area contributed by atoms with Crippen molar-refractivity contribution >= 4 is 11.6 Å².